The van der Waals surface area contributed by atoms with Gasteiger partial charge in [0.05, 0.1) is 7.11 Å². The molecule has 2 rings (SSSR count). The predicted octanol–water partition coefficient (Wildman–Crippen LogP) is 4.21. The number of nitrogens with zero attached hydrogens (tertiary/aromatic N) is 1. The minimum Gasteiger partial charge on any atom is -0.497 e. The van der Waals surface area contributed by atoms with Gasteiger partial charge in [-0.1, -0.05) is 69.7 Å². The fraction of sp³-hybridized carbons (Fsp3) is 0.440. The summed E-state index contributed by atoms with van der Waals surface area (Å²) in [4.78, 5) is 28.0. The monoisotopic (exact) mass is 410 g/mol. The Kier molecular flexibility index (Phi) is 9.39. The Balaban J connectivity index is 2.33. The number of ether oxygens (including phenoxy) is 1. The number of hydrogen-bond donors (Lipinski definition) is 1. The van der Waals surface area contributed by atoms with Crippen LogP contribution in [-0.4, -0.2) is 36.4 Å². The molecule has 5 heteroatoms. The summed E-state index contributed by atoms with van der Waals surface area (Å²) in [6.45, 7) is 6.83. The van der Waals surface area contributed by atoms with Crippen molar-refractivity contribution in [1.29, 1.82) is 0 Å². The Morgan fingerprint density at radius 1 is 1.00 bits per heavy atom. The third-order valence-electron chi connectivity index (χ3n) is 5.07. The molecule has 0 bridgehead atoms. The molecule has 0 spiro atoms. The third-order valence-corrected chi connectivity index (χ3v) is 5.07. The van der Waals surface area contributed by atoms with E-state index in [1.807, 2.05) is 68.4 Å². The van der Waals surface area contributed by atoms with Gasteiger partial charge in [0.2, 0.25) is 11.8 Å². The first kappa shape index (κ1) is 23.5. The second kappa shape index (κ2) is 12.0. The lowest BCUT2D eigenvalue weighted by Crippen LogP contribution is -2.51. The van der Waals surface area contributed by atoms with Gasteiger partial charge in [-0.2, -0.15) is 0 Å². The number of carbonyl (C=O) groups excluding carboxylic acids is 2. The molecule has 1 N–H and O–H groups in total. The van der Waals surface area contributed by atoms with E-state index in [2.05, 4.69) is 12.2 Å². The number of carbonyl (C=O) groups is 2. The van der Waals surface area contributed by atoms with E-state index in [1.54, 1.807) is 12.0 Å². The third kappa shape index (κ3) is 6.90. The molecule has 0 radical (unpaired) electrons. The first-order valence-electron chi connectivity index (χ1n) is 10.7. The molecule has 0 aliphatic heterocycles. The Bertz CT molecular complexity index is 788. The van der Waals surface area contributed by atoms with Crippen LogP contribution in [0.15, 0.2) is 54.6 Å². The molecule has 0 aliphatic rings. The molecule has 0 aromatic heterocycles. The van der Waals surface area contributed by atoms with Gasteiger partial charge >= 0.3 is 0 Å². The molecule has 1 atom stereocenters. The summed E-state index contributed by atoms with van der Waals surface area (Å²) >= 11 is 0. The predicted molar refractivity (Wildman–Crippen MR) is 120 cm³/mol. The summed E-state index contributed by atoms with van der Waals surface area (Å²) in [5.74, 6) is 0.427. The molecule has 0 saturated heterocycles. The van der Waals surface area contributed by atoms with Crippen molar-refractivity contribution < 1.29 is 14.3 Å². The topological polar surface area (TPSA) is 58.6 Å². The molecule has 2 aromatic rings. The van der Waals surface area contributed by atoms with Crippen molar-refractivity contribution in [1.82, 2.24) is 10.2 Å². The van der Waals surface area contributed by atoms with E-state index in [9.17, 15) is 9.59 Å². The molecule has 0 saturated carbocycles. The lowest BCUT2D eigenvalue weighted by Gasteiger charge is -2.33. The van der Waals surface area contributed by atoms with Gasteiger partial charge in [-0.15, -0.1) is 0 Å². The summed E-state index contributed by atoms with van der Waals surface area (Å²) in [6.07, 6.45) is 2.40. The number of rotatable bonds is 11. The highest BCUT2D eigenvalue weighted by Gasteiger charge is 2.31. The zero-order valence-electron chi connectivity index (χ0n) is 18.6. The van der Waals surface area contributed by atoms with Crippen LogP contribution in [0, 0.1) is 5.92 Å². The SMILES string of the molecule is CCCCNC(=O)[C@@H](Cc1ccccc1)N(Cc1ccc(OC)cc1)C(=O)C(C)C. The van der Waals surface area contributed by atoms with Crippen LogP contribution in [0.5, 0.6) is 5.75 Å². The molecule has 5 nitrogen and oxygen atoms in total. The van der Waals surface area contributed by atoms with Crippen molar-refractivity contribution in [2.24, 2.45) is 5.92 Å². The zero-order valence-corrected chi connectivity index (χ0v) is 18.6. The number of benzene rings is 2. The number of amides is 2. The molecule has 0 aliphatic carbocycles. The first-order chi connectivity index (χ1) is 14.5. The Morgan fingerprint density at radius 2 is 1.67 bits per heavy atom. The van der Waals surface area contributed by atoms with E-state index in [-0.39, 0.29) is 17.7 Å². The summed E-state index contributed by atoms with van der Waals surface area (Å²) in [5.41, 5.74) is 1.99. The Morgan fingerprint density at radius 3 is 2.23 bits per heavy atom. The second-order valence-electron chi connectivity index (χ2n) is 7.82. The smallest absolute Gasteiger partial charge is 0.243 e. The van der Waals surface area contributed by atoms with Crippen LogP contribution in [0.1, 0.15) is 44.7 Å². The molecule has 162 valence electrons. The van der Waals surface area contributed by atoms with Gasteiger partial charge in [0.25, 0.3) is 0 Å². The van der Waals surface area contributed by atoms with Gasteiger partial charge in [0.1, 0.15) is 11.8 Å². The molecular weight excluding hydrogens is 376 g/mol. The van der Waals surface area contributed by atoms with E-state index in [4.69, 9.17) is 4.74 Å². The number of hydrogen-bond acceptors (Lipinski definition) is 3. The average Bonchev–Trinajstić information content (AvgIpc) is 2.76. The lowest BCUT2D eigenvalue weighted by atomic mass is 10.0. The van der Waals surface area contributed by atoms with Crippen molar-refractivity contribution in [2.75, 3.05) is 13.7 Å². The zero-order chi connectivity index (χ0) is 21.9. The molecule has 0 unspecified atom stereocenters. The van der Waals surface area contributed by atoms with Gasteiger partial charge < -0.3 is 15.0 Å². The maximum Gasteiger partial charge on any atom is 0.243 e. The van der Waals surface area contributed by atoms with Crippen LogP contribution in [0.3, 0.4) is 0 Å². The van der Waals surface area contributed by atoms with E-state index in [1.165, 1.54) is 0 Å². The van der Waals surface area contributed by atoms with E-state index in [0.717, 1.165) is 29.7 Å². The average molecular weight is 411 g/mol. The number of methoxy groups -OCH3 is 1. The van der Waals surface area contributed by atoms with Crippen LogP contribution in [-0.2, 0) is 22.6 Å². The maximum absolute atomic E-state index is 13.2. The molecule has 2 aromatic carbocycles. The van der Waals surface area contributed by atoms with E-state index >= 15 is 0 Å². The van der Waals surface area contributed by atoms with Crippen molar-refractivity contribution in [2.45, 2.75) is 52.6 Å². The summed E-state index contributed by atoms with van der Waals surface area (Å²) in [5, 5.41) is 3.03. The number of unbranched alkanes of at least 4 members (excludes halogenated alkanes) is 1. The fourth-order valence-electron chi connectivity index (χ4n) is 3.29. The minimum absolute atomic E-state index is 0.0302. The largest absolute Gasteiger partial charge is 0.497 e. The van der Waals surface area contributed by atoms with Crippen LogP contribution < -0.4 is 10.1 Å². The molecule has 2 amide bonds. The van der Waals surface area contributed by atoms with Crippen LogP contribution in [0.25, 0.3) is 0 Å². The van der Waals surface area contributed by atoms with Crippen molar-refractivity contribution >= 4 is 11.8 Å². The summed E-state index contributed by atoms with van der Waals surface area (Å²) in [6, 6.07) is 16.9. The Labute approximate surface area is 180 Å². The normalized spacial score (nSPS) is 11.8. The van der Waals surface area contributed by atoms with Crippen molar-refractivity contribution in [3.8, 4) is 5.75 Å². The second-order valence-corrected chi connectivity index (χ2v) is 7.82. The minimum atomic E-state index is -0.568. The van der Waals surface area contributed by atoms with Gasteiger partial charge in [-0.05, 0) is 29.7 Å². The fourth-order valence-corrected chi connectivity index (χ4v) is 3.29. The first-order valence-corrected chi connectivity index (χ1v) is 10.7. The summed E-state index contributed by atoms with van der Waals surface area (Å²) in [7, 11) is 1.63. The quantitative estimate of drug-likeness (QED) is 0.565. The highest BCUT2D eigenvalue weighted by Crippen LogP contribution is 2.19. The molecule has 30 heavy (non-hydrogen) atoms. The van der Waals surface area contributed by atoms with Gasteiger partial charge in [-0.25, -0.2) is 0 Å². The van der Waals surface area contributed by atoms with Crippen LogP contribution in [0.2, 0.25) is 0 Å². The number of nitrogens with one attached hydrogen (secondary N) is 1. The van der Waals surface area contributed by atoms with Crippen LogP contribution >= 0.6 is 0 Å². The van der Waals surface area contributed by atoms with Gasteiger partial charge in [0.15, 0.2) is 0 Å². The lowest BCUT2D eigenvalue weighted by molar-refractivity contribution is -0.143. The van der Waals surface area contributed by atoms with Gasteiger partial charge in [-0.3, -0.25) is 9.59 Å². The van der Waals surface area contributed by atoms with Crippen LogP contribution in [0.4, 0.5) is 0 Å². The van der Waals surface area contributed by atoms with E-state index < -0.39 is 6.04 Å². The molecular formula is C25H34N2O3. The maximum atomic E-state index is 13.2. The molecule has 0 fully saturated rings. The molecule has 0 heterocycles. The van der Waals surface area contributed by atoms with Crippen molar-refractivity contribution in [3.05, 3.63) is 65.7 Å². The standard InChI is InChI=1S/C25H34N2O3/c1-5-6-16-26-24(28)23(17-20-10-8-7-9-11-20)27(25(29)19(2)3)18-21-12-14-22(30-4)15-13-21/h7-15,19,23H,5-6,16-18H2,1-4H3,(H,26,28)/t23-/m1/s1. The van der Waals surface area contributed by atoms with E-state index in [0.29, 0.717) is 19.5 Å². The highest BCUT2D eigenvalue weighted by atomic mass is 16.5. The Hall–Kier alpha value is -2.82. The summed E-state index contributed by atoms with van der Waals surface area (Å²) < 4.78 is 5.23. The van der Waals surface area contributed by atoms with Crippen molar-refractivity contribution in [3.63, 3.8) is 0 Å². The highest BCUT2D eigenvalue weighted by molar-refractivity contribution is 5.88. The van der Waals surface area contributed by atoms with Gasteiger partial charge in [0, 0.05) is 25.4 Å².